The molecule has 0 saturated heterocycles. The van der Waals surface area contributed by atoms with Gasteiger partial charge in [0.05, 0.1) is 12.2 Å². The molecule has 1 aromatic rings. The van der Waals surface area contributed by atoms with Gasteiger partial charge in [0.15, 0.2) is 5.78 Å². The molecular formula is C15H20O2S. The Morgan fingerprint density at radius 3 is 2.78 bits per heavy atom. The van der Waals surface area contributed by atoms with Crippen LogP contribution in [0.3, 0.4) is 0 Å². The number of hydrogen-bond donors (Lipinski definition) is 0. The van der Waals surface area contributed by atoms with E-state index in [1.54, 1.807) is 6.92 Å². The molecule has 1 fully saturated rings. The second-order valence-corrected chi connectivity index (χ2v) is 6.09. The molecule has 0 amide bonds. The number of ether oxygens (including phenoxy) is 1. The lowest BCUT2D eigenvalue weighted by Gasteiger charge is -2.11. The fourth-order valence-corrected chi connectivity index (χ4v) is 3.48. The lowest BCUT2D eigenvalue weighted by Crippen LogP contribution is -2.07. The smallest absolute Gasteiger partial charge is 0.163 e. The van der Waals surface area contributed by atoms with Crippen molar-refractivity contribution in [3.8, 4) is 5.75 Å². The van der Waals surface area contributed by atoms with E-state index >= 15 is 0 Å². The molecule has 0 unspecified atom stereocenters. The number of thioether (sulfide) groups is 1. The molecule has 2 rings (SSSR count). The first-order valence-corrected chi connectivity index (χ1v) is 7.66. The third kappa shape index (κ3) is 3.77. The Kier molecular flexibility index (Phi) is 5.12. The number of benzene rings is 1. The number of hydrogen-bond acceptors (Lipinski definition) is 3. The first kappa shape index (κ1) is 13.5. The second-order valence-electron chi connectivity index (χ2n) is 4.68. The highest BCUT2D eigenvalue weighted by atomic mass is 32.2. The Morgan fingerprint density at radius 1 is 1.33 bits per heavy atom. The van der Waals surface area contributed by atoms with Gasteiger partial charge in [-0.15, -0.1) is 0 Å². The topological polar surface area (TPSA) is 26.3 Å². The lowest BCUT2D eigenvalue weighted by molar-refractivity contribution is 0.101. The molecule has 2 nitrogen and oxygen atoms in total. The maximum atomic E-state index is 11.4. The number of para-hydroxylation sites is 1. The Labute approximate surface area is 113 Å². The Bertz CT molecular complexity index is 397. The molecule has 0 heterocycles. The van der Waals surface area contributed by atoms with Crippen molar-refractivity contribution in [2.24, 2.45) is 0 Å². The third-order valence-electron chi connectivity index (χ3n) is 3.26. The van der Waals surface area contributed by atoms with Gasteiger partial charge in [-0.05, 0) is 31.9 Å². The number of carbonyl (C=O) groups is 1. The van der Waals surface area contributed by atoms with Gasteiger partial charge in [-0.25, -0.2) is 0 Å². The average molecular weight is 264 g/mol. The molecule has 0 radical (unpaired) electrons. The summed E-state index contributed by atoms with van der Waals surface area (Å²) in [4.78, 5) is 11.4. The monoisotopic (exact) mass is 264 g/mol. The van der Waals surface area contributed by atoms with Gasteiger partial charge in [0.1, 0.15) is 5.75 Å². The van der Waals surface area contributed by atoms with Gasteiger partial charge in [0, 0.05) is 11.0 Å². The van der Waals surface area contributed by atoms with Crippen LogP contribution >= 0.6 is 11.8 Å². The standard InChI is InChI=1S/C15H20O2S/c1-12(16)14-8-4-5-9-15(14)17-10-11-18-13-6-2-3-7-13/h4-5,8-9,13H,2-3,6-7,10-11H2,1H3. The summed E-state index contributed by atoms with van der Waals surface area (Å²) < 4.78 is 5.72. The largest absolute Gasteiger partial charge is 0.492 e. The van der Waals surface area contributed by atoms with Gasteiger partial charge in [-0.3, -0.25) is 4.79 Å². The first-order valence-electron chi connectivity index (χ1n) is 6.62. The minimum atomic E-state index is 0.0639. The van der Waals surface area contributed by atoms with Crippen molar-refractivity contribution >= 4 is 17.5 Å². The maximum absolute atomic E-state index is 11.4. The zero-order valence-corrected chi connectivity index (χ0v) is 11.7. The van der Waals surface area contributed by atoms with Crippen LogP contribution in [0.1, 0.15) is 43.0 Å². The molecule has 0 aromatic heterocycles. The summed E-state index contributed by atoms with van der Waals surface area (Å²) in [6, 6.07) is 7.47. The summed E-state index contributed by atoms with van der Waals surface area (Å²) in [5.41, 5.74) is 0.684. The number of Topliss-reactive ketones (excluding diaryl/α,β-unsaturated/α-hetero) is 1. The molecular weight excluding hydrogens is 244 g/mol. The molecule has 18 heavy (non-hydrogen) atoms. The van der Waals surface area contributed by atoms with Crippen molar-refractivity contribution in [1.82, 2.24) is 0 Å². The van der Waals surface area contributed by atoms with Crippen molar-refractivity contribution in [3.63, 3.8) is 0 Å². The Hall–Kier alpha value is -0.960. The van der Waals surface area contributed by atoms with Gasteiger partial charge < -0.3 is 4.74 Å². The minimum Gasteiger partial charge on any atom is -0.492 e. The molecule has 1 aliphatic rings. The van der Waals surface area contributed by atoms with E-state index in [2.05, 4.69) is 0 Å². The van der Waals surface area contributed by atoms with Crippen LogP contribution < -0.4 is 4.74 Å². The van der Waals surface area contributed by atoms with Crippen LogP contribution in [-0.2, 0) is 0 Å². The summed E-state index contributed by atoms with van der Waals surface area (Å²) >= 11 is 2.01. The van der Waals surface area contributed by atoms with E-state index in [-0.39, 0.29) is 5.78 Å². The molecule has 1 saturated carbocycles. The van der Waals surface area contributed by atoms with Gasteiger partial charge >= 0.3 is 0 Å². The Morgan fingerprint density at radius 2 is 2.06 bits per heavy atom. The summed E-state index contributed by atoms with van der Waals surface area (Å²) in [6.45, 7) is 2.26. The van der Waals surface area contributed by atoms with E-state index in [0.717, 1.165) is 16.8 Å². The summed E-state index contributed by atoms with van der Waals surface area (Å²) in [5, 5.41) is 0.830. The normalized spacial score (nSPS) is 15.8. The summed E-state index contributed by atoms with van der Waals surface area (Å²) in [5.74, 6) is 1.79. The van der Waals surface area contributed by atoms with Crippen molar-refractivity contribution in [2.75, 3.05) is 12.4 Å². The van der Waals surface area contributed by atoms with E-state index < -0.39 is 0 Å². The van der Waals surface area contributed by atoms with Crippen molar-refractivity contribution in [3.05, 3.63) is 29.8 Å². The first-order chi connectivity index (χ1) is 8.77. The van der Waals surface area contributed by atoms with Gasteiger partial charge in [0.25, 0.3) is 0 Å². The number of ketones is 1. The zero-order chi connectivity index (χ0) is 12.8. The predicted molar refractivity (Wildman–Crippen MR) is 76.7 cm³/mol. The summed E-state index contributed by atoms with van der Waals surface area (Å²) in [7, 11) is 0. The fraction of sp³-hybridized carbons (Fsp3) is 0.533. The second kappa shape index (κ2) is 6.83. The van der Waals surface area contributed by atoms with E-state index in [1.807, 2.05) is 36.0 Å². The van der Waals surface area contributed by atoms with Crippen molar-refractivity contribution < 1.29 is 9.53 Å². The molecule has 3 heteroatoms. The highest BCUT2D eigenvalue weighted by Gasteiger charge is 2.15. The highest BCUT2D eigenvalue weighted by molar-refractivity contribution is 7.99. The molecule has 0 spiro atoms. The van der Waals surface area contributed by atoms with Crippen LogP contribution in [0.25, 0.3) is 0 Å². The molecule has 0 N–H and O–H groups in total. The van der Waals surface area contributed by atoms with E-state index in [1.165, 1.54) is 25.7 Å². The van der Waals surface area contributed by atoms with Gasteiger partial charge in [0.2, 0.25) is 0 Å². The SMILES string of the molecule is CC(=O)c1ccccc1OCCSC1CCCC1. The quantitative estimate of drug-likeness (QED) is 0.575. The van der Waals surface area contributed by atoms with E-state index in [0.29, 0.717) is 12.2 Å². The summed E-state index contributed by atoms with van der Waals surface area (Å²) in [6.07, 6.45) is 5.47. The average Bonchev–Trinajstić information content (AvgIpc) is 2.88. The van der Waals surface area contributed by atoms with Crippen LogP contribution in [0.2, 0.25) is 0 Å². The lowest BCUT2D eigenvalue weighted by atomic mass is 10.1. The van der Waals surface area contributed by atoms with Crippen LogP contribution in [0, 0.1) is 0 Å². The van der Waals surface area contributed by atoms with Crippen LogP contribution in [0.15, 0.2) is 24.3 Å². The third-order valence-corrected chi connectivity index (χ3v) is 4.61. The number of carbonyl (C=O) groups excluding carboxylic acids is 1. The molecule has 98 valence electrons. The Balaban J connectivity index is 1.77. The van der Waals surface area contributed by atoms with Gasteiger partial charge in [-0.2, -0.15) is 11.8 Å². The molecule has 0 atom stereocenters. The molecule has 0 bridgehead atoms. The zero-order valence-electron chi connectivity index (χ0n) is 10.9. The fourth-order valence-electron chi connectivity index (χ4n) is 2.30. The van der Waals surface area contributed by atoms with Crippen LogP contribution in [0.5, 0.6) is 5.75 Å². The maximum Gasteiger partial charge on any atom is 0.163 e. The van der Waals surface area contributed by atoms with Crippen LogP contribution in [0.4, 0.5) is 0 Å². The van der Waals surface area contributed by atoms with Crippen LogP contribution in [-0.4, -0.2) is 23.4 Å². The molecule has 0 aliphatic heterocycles. The van der Waals surface area contributed by atoms with Crippen molar-refractivity contribution in [2.45, 2.75) is 37.9 Å². The predicted octanol–water partition coefficient (Wildman–Crippen LogP) is 3.94. The van der Waals surface area contributed by atoms with E-state index in [4.69, 9.17) is 4.74 Å². The van der Waals surface area contributed by atoms with Gasteiger partial charge in [-0.1, -0.05) is 25.0 Å². The molecule has 1 aliphatic carbocycles. The minimum absolute atomic E-state index is 0.0639. The highest BCUT2D eigenvalue weighted by Crippen LogP contribution is 2.29. The molecule has 1 aromatic carbocycles. The van der Waals surface area contributed by atoms with Crippen molar-refractivity contribution in [1.29, 1.82) is 0 Å². The van der Waals surface area contributed by atoms with E-state index in [9.17, 15) is 4.79 Å². The number of rotatable bonds is 6.